The SMILES string of the molecule is O=C(O)C(C(=O)O)C1c2ccccc2-c2cc(Cl)ccc21. The molecule has 0 radical (unpaired) electrons. The van der Waals surface area contributed by atoms with Gasteiger partial charge in [0, 0.05) is 10.9 Å². The van der Waals surface area contributed by atoms with Gasteiger partial charge in [-0.05, 0) is 34.4 Å². The molecule has 3 rings (SSSR count). The monoisotopic (exact) mass is 302 g/mol. The van der Waals surface area contributed by atoms with Gasteiger partial charge in [0.2, 0.25) is 0 Å². The van der Waals surface area contributed by atoms with Gasteiger partial charge in [0.25, 0.3) is 0 Å². The van der Waals surface area contributed by atoms with E-state index in [4.69, 9.17) is 11.6 Å². The maximum absolute atomic E-state index is 11.4. The van der Waals surface area contributed by atoms with E-state index in [0.29, 0.717) is 16.1 Å². The third-order valence-corrected chi connectivity index (χ3v) is 4.04. The Balaban J connectivity index is 2.27. The van der Waals surface area contributed by atoms with Crippen molar-refractivity contribution in [2.75, 3.05) is 0 Å². The van der Waals surface area contributed by atoms with Gasteiger partial charge in [0.15, 0.2) is 5.92 Å². The van der Waals surface area contributed by atoms with Gasteiger partial charge >= 0.3 is 11.9 Å². The first-order chi connectivity index (χ1) is 10.0. The van der Waals surface area contributed by atoms with Crippen molar-refractivity contribution < 1.29 is 19.8 Å². The highest BCUT2D eigenvalue weighted by atomic mass is 35.5. The Morgan fingerprint density at radius 1 is 0.952 bits per heavy atom. The average Bonchev–Trinajstić information content (AvgIpc) is 2.73. The molecule has 0 fully saturated rings. The fraction of sp³-hybridized carbons (Fsp3) is 0.125. The van der Waals surface area contributed by atoms with Crippen LogP contribution in [0.2, 0.25) is 5.02 Å². The van der Waals surface area contributed by atoms with Crippen molar-refractivity contribution in [3.8, 4) is 11.1 Å². The number of carbonyl (C=O) groups is 2. The summed E-state index contributed by atoms with van der Waals surface area (Å²) >= 11 is 6.01. The summed E-state index contributed by atoms with van der Waals surface area (Å²) in [5, 5.41) is 19.1. The molecule has 0 amide bonds. The number of halogens is 1. The van der Waals surface area contributed by atoms with Crippen molar-refractivity contribution in [1.82, 2.24) is 0 Å². The molecule has 1 aliphatic carbocycles. The molecule has 2 aromatic carbocycles. The fourth-order valence-corrected chi connectivity index (χ4v) is 3.14. The number of carboxylic acid groups (broad SMARTS) is 2. The third kappa shape index (κ3) is 2.08. The van der Waals surface area contributed by atoms with Gasteiger partial charge in [0.1, 0.15) is 0 Å². The third-order valence-electron chi connectivity index (χ3n) is 3.80. The van der Waals surface area contributed by atoms with E-state index in [-0.39, 0.29) is 0 Å². The normalized spacial score (nSPS) is 15.6. The number of hydrogen-bond donors (Lipinski definition) is 2. The van der Waals surface area contributed by atoms with Gasteiger partial charge in [-0.3, -0.25) is 9.59 Å². The van der Waals surface area contributed by atoms with Gasteiger partial charge in [-0.25, -0.2) is 0 Å². The zero-order chi connectivity index (χ0) is 15.1. The molecule has 1 unspecified atom stereocenters. The first-order valence-electron chi connectivity index (χ1n) is 6.35. The first-order valence-corrected chi connectivity index (χ1v) is 6.73. The molecule has 4 nitrogen and oxygen atoms in total. The summed E-state index contributed by atoms with van der Waals surface area (Å²) in [7, 11) is 0. The Labute approximate surface area is 125 Å². The lowest BCUT2D eigenvalue weighted by molar-refractivity contribution is -0.155. The second-order valence-corrected chi connectivity index (χ2v) is 5.39. The Bertz CT molecular complexity index is 740. The van der Waals surface area contributed by atoms with E-state index in [2.05, 4.69) is 0 Å². The Hall–Kier alpha value is -2.33. The molecule has 1 atom stereocenters. The molecular formula is C16H11ClO4. The quantitative estimate of drug-likeness (QED) is 0.854. The van der Waals surface area contributed by atoms with Crippen LogP contribution < -0.4 is 0 Å². The standard InChI is InChI=1S/C16H11ClO4/c17-8-5-6-11-12(7-8)9-3-1-2-4-10(9)13(11)14(15(18)19)16(20)21/h1-7,13-14H,(H,18,19)(H,20,21). The number of hydrogen-bond acceptors (Lipinski definition) is 2. The van der Waals surface area contributed by atoms with Crippen LogP contribution in [0.1, 0.15) is 17.0 Å². The number of aliphatic carboxylic acids is 2. The second kappa shape index (κ2) is 4.90. The predicted octanol–water partition coefficient (Wildman–Crippen LogP) is 3.24. The van der Waals surface area contributed by atoms with Crippen molar-refractivity contribution in [2.45, 2.75) is 5.92 Å². The summed E-state index contributed by atoms with van der Waals surface area (Å²) in [5.41, 5.74) is 3.04. The summed E-state index contributed by atoms with van der Waals surface area (Å²) in [5.74, 6) is -4.91. The van der Waals surface area contributed by atoms with E-state index in [1.54, 1.807) is 30.3 Å². The summed E-state index contributed by atoms with van der Waals surface area (Å²) in [6, 6.07) is 12.3. The number of carboxylic acids is 2. The van der Waals surface area contributed by atoms with E-state index < -0.39 is 23.8 Å². The van der Waals surface area contributed by atoms with E-state index in [1.165, 1.54) is 0 Å². The first kappa shape index (κ1) is 13.6. The van der Waals surface area contributed by atoms with Gasteiger partial charge < -0.3 is 10.2 Å². The highest BCUT2D eigenvalue weighted by molar-refractivity contribution is 6.31. The van der Waals surface area contributed by atoms with E-state index in [0.717, 1.165) is 11.1 Å². The highest BCUT2D eigenvalue weighted by Gasteiger charge is 2.42. The Morgan fingerprint density at radius 3 is 2.24 bits per heavy atom. The van der Waals surface area contributed by atoms with Crippen molar-refractivity contribution in [3.05, 3.63) is 58.6 Å². The molecule has 5 heteroatoms. The zero-order valence-corrected chi connectivity index (χ0v) is 11.5. The Morgan fingerprint density at radius 2 is 1.57 bits per heavy atom. The number of rotatable bonds is 3. The minimum Gasteiger partial charge on any atom is -0.481 e. The second-order valence-electron chi connectivity index (χ2n) is 4.95. The van der Waals surface area contributed by atoms with Crippen LogP contribution in [-0.2, 0) is 9.59 Å². The molecule has 0 spiro atoms. The lowest BCUT2D eigenvalue weighted by Gasteiger charge is -2.18. The lowest BCUT2D eigenvalue weighted by atomic mass is 9.84. The highest BCUT2D eigenvalue weighted by Crippen LogP contribution is 2.48. The van der Waals surface area contributed by atoms with Crippen LogP contribution in [0.15, 0.2) is 42.5 Å². The summed E-state index contributed by atoms with van der Waals surface area (Å²) in [4.78, 5) is 22.8. The maximum atomic E-state index is 11.4. The van der Waals surface area contributed by atoms with Crippen molar-refractivity contribution in [3.63, 3.8) is 0 Å². The van der Waals surface area contributed by atoms with Gasteiger partial charge in [-0.2, -0.15) is 0 Å². The summed E-state index contributed by atoms with van der Waals surface area (Å²) < 4.78 is 0. The summed E-state index contributed by atoms with van der Waals surface area (Å²) in [6.07, 6.45) is 0. The van der Waals surface area contributed by atoms with Crippen molar-refractivity contribution in [2.24, 2.45) is 5.92 Å². The Kier molecular flexibility index (Phi) is 3.18. The van der Waals surface area contributed by atoms with Crippen LogP contribution in [-0.4, -0.2) is 22.2 Å². The van der Waals surface area contributed by atoms with Crippen LogP contribution in [0, 0.1) is 5.92 Å². The average molecular weight is 303 g/mol. The predicted molar refractivity (Wildman–Crippen MR) is 77.5 cm³/mol. The molecule has 0 saturated carbocycles. The molecule has 21 heavy (non-hydrogen) atoms. The van der Waals surface area contributed by atoms with Gasteiger partial charge in [-0.1, -0.05) is 41.9 Å². The molecule has 106 valence electrons. The van der Waals surface area contributed by atoms with E-state index in [1.807, 2.05) is 12.1 Å². The van der Waals surface area contributed by atoms with Gasteiger partial charge in [-0.15, -0.1) is 0 Å². The molecule has 0 aromatic heterocycles. The lowest BCUT2D eigenvalue weighted by Crippen LogP contribution is -2.29. The molecule has 2 N–H and O–H groups in total. The molecule has 0 heterocycles. The maximum Gasteiger partial charge on any atom is 0.318 e. The number of fused-ring (bicyclic) bond motifs is 3. The van der Waals surface area contributed by atoms with Crippen LogP contribution in [0.4, 0.5) is 0 Å². The molecule has 0 saturated heterocycles. The molecular weight excluding hydrogens is 292 g/mol. The van der Waals surface area contributed by atoms with Crippen molar-refractivity contribution >= 4 is 23.5 Å². The minimum absolute atomic E-state index is 0.534. The molecule has 0 aliphatic heterocycles. The molecule has 0 bridgehead atoms. The minimum atomic E-state index is -1.52. The van der Waals surface area contributed by atoms with Crippen molar-refractivity contribution in [1.29, 1.82) is 0 Å². The fourth-order valence-electron chi connectivity index (χ4n) is 2.96. The van der Waals surface area contributed by atoms with Crippen LogP contribution >= 0.6 is 11.6 Å². The van der Waals surface area contributed by atoms with Gasteiger partial charge in [0.05, 0.1) is 0 Å². The summed E-state index contributed by atoms with van der Waals surface area (Å²) in [6.45, 7) is 0. The van der Waals surface area contributed by atoms with Crippen LogP contribution in [0.5, 0.6) is 0 Å². The van der Waals surface area contributed by atoms with Crippen LogP contribution in [0.25, 0.3) is 11.1 Å². The molecule has 2 aromatic rings. The molecule has 1 aliphatic rings. The zero-order valence-electron chi connectivity index (χ0n) is 10.8. The van der Waals surface area contributed by atoms with E-state index in [9.17, 15) is 19.8 Å². The number of benzene rings is 2. The topological polar surface area (TPSA) is 74.6 Å². The van der Waals surface area contributed by atoms with Crippen LogP contribution in [0.3, 0.4) is 0 Å². The van der Waals surface area contributed by atoms with E-state index >= 15 is 0 Å². The largest absolute Gasteiger partial charge is 0.481 e. The smallest absolute Gasteiger partial charge is 0.318 e.